The van der Waals surface area contributed by atoms with Crippen molar-refractivity contribution in [2.75, 3.05) is 19.7 Å². The van der Waals surface area contributed by atoms with Gasteiger partial charge in [0.05, 0.1) is 18.6 Å². The lowest BCUT2D eigenvalue weighted by Crippen LogP contribution is -2.84. The Morgan fingerprint density at radius 2 is 1.59 bits per heavy atom. The van der Waals surface area contributed by atoms with Crippen molar-refractivity contribution in [1.82, 2.24) is 9.80 Å². The SMILES string of the molecule is O=C(Cc1ccccc1)N1CC2(C1)[C@H](c1ccccc1)[C@@H](CO)N2Cc1cccc(F)c1. The Morgan fingerprint density at radius 1 is 0.938 bits per heavy atom. The van der Waals surface area contributed by atoms with Crippen LogP contribution in [0.5, 0.6) is 0 Å². The summed E-state index contributed by atoms with van der Waals surface area (Å²) in [4.78, 5) is 17.1. The molecule has 32 heavy (non-hydrogen) atoms. The van der Waals surface area contributed by atoms with Crippen molar-refractivity contribution in [2.45, 2.75) is 30.5 Å². The maximum atomic E-state index is 13.8. The molecule has 0 radical (unpaired) electrons. The smallest absolute Gasteiger partial charge is 0.227 e. The number of likely N-dealkylation sites (tertiary alicyclic amines) is 2. The van der Waals surface area contributed by atoms with Crippen LogP contribution in [-0.4, -0.2) is 52.1 Å². The Hall–Kier alpha value is -3.02. The molecule has 2 aliphatic heterocycles. The summed E-state index contributed by atoms with van der Waals surface area (Å²) in [7, 11) is 0. The van der Waals surface area contributed by atoms with E-state index in [1.165, 1.54) is 11.6 Å². The van der Waals surface area contributed by atoms with Gasteiger partial charge in [0.1, 0.15) is 5.82 Å². The molecule has 0 unspecified atom stereocenters. The van der Waals surface area contributed by atoms with E-state index in [1.807, 2.05) is 59.5 Å². The van der Waals surface area contributed by atoms with Crippen molar-refractivity contribution in [3.63, 3.8) is 0 Å². The van der Waals surface area contributed by atoms with E-state index in [1.54, 1.807) is 12.1 Å². The largest absolute Gasteiger partial charge is 0.395 e. The summed E-state index contributed by atoms with van der Waals surface area (Å²) < 4.78 is 13.8. The van der Waals surface area contributed by atoms with Gasteiger partial charge in [-0.3, -0.25) is 9.69 Å². The van der Waals surface area contributed by atoms with Crippen LogP contribution in [0.15, 0.2) is 84.9 Å². The highest BCUT2D eigenvalue weighted by Crippen LogP contribution is 2.54. The average molecular weight is 431 g/mol. The molecule has 3 aromatic rings. The number of nitrogens with zero attached hydrogens (tertiary/aromatic N) is 2. The third-order valence-electron chi connectivity index (χ3n) is 7.00. The number of aliphatic hydroxyl groups is 1. The predicted octanol–water partition coefficient (Wildman–Crippen LogP) is 3.61. The first-order chi connectivity index (χ1) is 15.6. The van der Waals surface area contributed by atoms with Crippen molar-refractivity contribution in [3.05, 3.63) is 107 Å². The van der Waals surface area contributed by atoms with Crippen LogP contribution in [0.3, 0.4) is 0 Å². The summed E-state index contributed by atoms with van der Waals surface area (Å²) in [6.45, 7) is 1.80. The van der Waals surface area contributed by atoms with Gasteiger partial charge in [0, 0.05) is 31.6 Å². The summed E-state index contributed by atoms with van der Waals surface area (Å²) >= 11 is 0. The maximum Gasteiger partial charge on any atom is 0.227 e. The summed E-state index contributed by atoms with van der Waals surface area (Å²) in [6, 6.07) is 26.6. The van der Waals surface area contributed by atoms with E-state index in [2.05, 4.69) is 17.0 Å². The maximum absolute atomic E-state index is 13.8. The lowest BCUT2D eigenvalue weighted by atomic mass is 9.60. The quantitative estimate of drug-likeness (QED) is 0.650. The number of hydrogen-bond donors (Lipinski definition) is 1. The van der Waals surface area contributed by atoms with E-state index in [-0.39, 0.29) is 35.8 Å². The van der Waals surface area contributed by atoms with Crippen molar-refractivity contribution in [3.8, 4) is 0 Å². The fourth-order valence-electron chi connectivity index (χ4n) is 5.52. The van der Waals surface area contributed by atoms with E-state index in [4.69, 9.17) is 0 Å². The molecule has 1 N–H and O–H groups in total. The summed E-state index contributed by atoms with van der Waals surface area (Å²) in [5, 5.41) is 10.2. The lowest BCUT2D eigenvalue weighted by molar-refractivity contribution is -0.199. The number of hydrogen-bond acceptors (Lipinski definition) is 3. The fraction of sp³-hybridized carbons (Fsp3) is 0.296. The summed E-state index contributed by atoms with van der Waals surface area (Å²) in [5.41, 5.74) is 2.82. The number of benzene rings is 3. The van der Waals surface area contributed by atoms with E-state index in [0.717, 1.165) is 11.1 Å². The van der Waals surface area contributed by atoms with Gasteiger partial charge in [0.25, 0.3) is 0 Å². The Kier molecular flexibility index (Phi) is 5.53. The molecule has 2 heterocycles. The van der Waals surface area contributed by atoms with Crippen molar-refractivity contribution in [1.29, 1.82) is 0 Å². The second kappa shape index (κ2) is 8.49. The number of carbonyl (C=O) groups excluding carboxylic acids is 1. The van der Waals surface area contributed by atoms with Gasteiger partial charge < -0.3 is 10.0 Å². The second-order valence-corrected chi connectivity index (χ2v) is 8.91. The van der Waals surface area contributed by atoms with Crippen molar-refractivity contribution in [2.24, 2.45) is 0 Å². The highest BCUT2D eigenvalue weighted by atomic mass is 19.1. The normalized spacial score (nSPS) is 21.8. The van der Waals surface area contributed by atoms with Crippen molar-refractivity contribution >= 4 is 5.91 Å². The Bertz CT molecular complexity index is 1080. The van der Waals surface area contributed by atoms with Crippen LogP contribution in [0.4, 0.5) is 4.39 Å². The zero-order valence-corrected chi connectivity index (χ0v) is 17.9. The third kappa shape index (κ3) is 3.61. The highest BCUT2D eigenvalue weighted by molar-refractivity contribution is 5.80. The van der Waals surface area contributed by atoms with Crippen LogP contribution in [0.2, 0.25) is 0 Å². The summed E-state index contributed by atoms with van der Waals surface area (Å²) in [6.07, 6.45) is 0.389. The molecule has 1 amide bonds. The molecular weight excluding hydrogens is 403 g/mol. The van der Waals surface area contributed by atoms with Gasteiger partial charge in [-0.05, 0) is 28.8 Å². The molecule has 2 fully saturated rings. The van der Waals surface area contributed by atoms with E-state index in [9.17, 15) is 14.3 Å². The number of rotatable bonds is 6. The van der Waals surface area contributed by atoms with Gasteiger partial charge in [-0.2, -0.15) is 0 Å². The highest BCUT2D eigenvalue weighted by Gasteiger charge is 2.66. The van der Waals surface area contributed by atoms with Gasteiger partial charge in [0.15, 0.2) is 0 Å². The van der Waals surface area contributed by atoms with Gasteiger partial charge in [-0.1, -0.05) is 72.8 Å². The molecule has 2 aliphatic rings. The molecule has 2 saturated heterocycles. The molecule has 0 bridgehead atoms. The number of carbonyl (C=O) groups is 1. The molecule has 1 spiro atoms. The number of halogens is 1. The summed E-state index contributed by atoms with van der Waals surface area (Å²) in [5.74, 6) is -0.0136. The number of amides is 1. The van der Waals surface area contributed by atoms with Crippen LogP contribution in [0.25, 0.3) is 0 Å². The van der Waals surface area contributed by atoms with Crippen LogP contribution >= 0.6 is 0 Å². The third-order valence-corrected chi connectivity index (χ3v) is 7.00. The molecule has 0 aromatic heterocycles. The molecule has 0 saturated carbocycles. The predicted molar refractivity (Wildman–Crippen MR) is 121 cm³/mol. The first kappa shape index (κ1) is 20.9. The molecule has 164 valence electrons. The van der Waals surface area contributed by atoms with Crippen LogP contribution in [-0.2, 0) is 17.8 Å². The molecule has 5 rings (SSSR count). The van der Waals surface area contributed by atoms with E-state index >= 15 is 0 Å². The Balaban J connectivity index is 1.39. The molecule has 5 heteroatoms. The average Bonchev–Trinajstić information content (AvgIpc) is 2.77. The first-order valence-corrected chi connectivity index (χ1v) is 11.1. The topological polar surface area (TPSA) is 43.8 Å². The zero-order chi connectivity index (χ0) is 22.1. The lowest BCUT2D eigenvalue weighted by Gasteiger charge is -2.71. The minimum absolute atomic E-state index is 0.0224. The molecule has 4 nitrogen and oxygen atoms in total. The monoisotopic (exact) mass is 430 g/mol. The Labute approximate surface area is 187 Å². The van der Waals surface area contributed by atoms with Gasteiger partial charge >= 0.3 is 0 Å². The molecule has 2 atom stereocenters. The molecular formula is C27H27FN2O2. The Morgan fingerprint density at radius 3 is 2.25 bits per heavy atom. The fourth-order valence-corrected chi connectivity index (χ4v) is 5.52. The number of aliphatic hydroxyl groups excluding tert-OH is 1. The van der Waals surface area contributed by atoms with Gasteiger partial charge in [-0.15, -0.1) is 0 Å². The minimum Gasteiger partial charge on any atom is -0.395 e. The molecule has 3 aromatic carbocycles. The van der Waals surface area contributed by atoms with Crippen LogP contribution in [0.1, 0.15) is 22.6 Å². The van der Waals surface area contributed by atoms with Gasteiger partial charge in [0.2, 0.25) is 5.91 Å². The van der Waals surface area contributed by atoms with Crippen molar-refractivity contribution < 1.29 is 14.3 Å². The van der Waals surface area contributed by atoms with Gasteiger partial charge in [-0.25, -0.2) is 4.39 Å². The standard InChI is InChI=1S/C27H27FN2O2/c28-23-13-7-10-21(14-23)16-30-24(17-31)26(22-11-5-2-6-12-22)27(30)18-29(19-27)25(32)15-20-8-3-1-4-9-20/h1-14,24,26,31H,15-19H2/t24-,26-/m1/s1. The van der Waals surface area contributed by atoms with E-state index in [0.29, 0.717) is 26.1 Å². The second-order valence-electron chi connectivity index (χ2n) is 8.91. The van der Waals surface area contributed by atoms with Crippen LogP contribution in [0, 0.1) is 5.82 Å². The zero-order valence-electron chi connectivity index (χ0n) is 17.9. The van der Waals surface area contributed by atoms with E-state index < -0.39 is 0 Å². The minimum atomic E-state index is -0.259. The molecule has 0 aliphatic carbocycles. The van der Waals surface area contributed by atoms with Crippen LogP contribution < -0.4 is 0 Å². The first-order valence-electron chi connectivity index (χ1n) is 11.1.